The van der Waals surface area contributed by atoms with Gasteiger partial charge in [-0.1, -0.05) is 20.8 Å². The van der Waals surface area contributed by atoms with Crippen molar-refractivity contribution in [2.75, 3.05) is 19.0 Å². The van der Waals surface area contributed by atoms with Crippen molar-refractivity contribution in [3.05, 3.63) is 36.0 Å². The highest BCUT2D eigenvalue weighted by Gasteiger charge is 2.32. The maximum Gasteiger partial charge on any atom is 0.235 e. The van der Waals surface area contributed by atoms with E-state index >= 15 is 0 Å². The molecule has 0 spiro atoms. The molecule has 2 aromatic rings. The zero-order valence-electron chi connectivity index (χ0n) is 13.2. The number of aromatic nitrogens is 1. The summed E-state index contributed by atoms with van der Waals surface area (Å²) in [7, 11) is -0.530. The summed E-state index contributed by atoms with van der Waals surface area (Å²) in [6.45, 7) is 5.64. The lowest BCUT2D eigenvalue weighted by Crippen LogP contribution is -2.13. The van der Waals surface area contributed by atoms with E-state index in [4.69, 9.17) is 4.42 Å². The predicted octanol–water partition coefficient (Wildman–Crippen LogP) is 3.01. The molecule has 1 aromatic carbocycles. The molecule has 0 N–H and O–H groups in total. The summed E-state index contributed by atoms with van der Waals surface area (Å²) in [5.74, 6) is -0.00606. The van der Waals surface area contributed by atoms with E-state index in [9.17, 15) is 12.8 Å². The smallest absolute Gasteiger partial charge is 0.235 e. The van der Waals surface area contributed by atoms with Crippen molar-refractivity contribution in [1.82, 2.24) is 4.98 Å². The highest BCUT2D eigenvalue weighted by atomic mass is 32.2. The normalized spacial score (nSPS) is 12.5. The quantitative estimate of drug-likeness (QED) is 0.811. The summed E-state index contributed by atoms with van der Waals surface area (Å²) in [6, 6.07) is 4.64. The van der Waals surface area contributed by atoms with Gasteiger partial charge in [-0.05, 0) is 24.3 Å². The number of hydrogen-bond donors (Lipinski definition) is 0. The van der Waals surface area contributed by atoms with E-state index < -0.39 is 21.1 Å². The average Bonchev–Trinajstić information content (AvgIpc) is 2.85. The van der Waals surface area contributed by atoms with E-state index in [-0.39, 0.29) is 15.8 Å². The van der Waals surface area contributed by atoms with Gasteiger partial charge in [-0.25, -0.2) is 12.8 Å². The maximum atomic E-state index is 13.0. The first-order valence-electron chi connectivity index (χ1n) is 6.73. The second kappa shape index (κ2) is 5.39. The summed E-state index contributed by atoms with van der Waals surface area (Å²) < 4.78 is 44.1. The third-order valence-electron chi connectivity index (χ3n) is 3.01. The molecule has 22 heavy (non-hydrogen) atoms. The maximum absolute atomic E-state index is 13.0. The monoisotopic (exact) mass is 326 g/mol. The van der Waals surface area contributed by atoms with Crippen LogP contribution in [0.1, 0.15) is 26.7 Å². The Morgan fingerprint density at radius 3 is 2.14 bits per heavy atom. The number of nitrogens with zero attached hydrogens (tertiary/aromatic N) is 2. The second-order valence-corrected chi connectivity index (χ2v) is 8.10. The minimum Gasteiger partial charge on any atom is -0.423 e. The Labute approximate surface area is 129 Å². The van der Waals surface area contributed by atoms with Crippen LogP contribution >= 0.6 is 0 Å². The standard InChI is InChI=1S/C15H19FN2O3S/c1-15(2,3)14-17-12(13(21-14)18(4)5)22(19,20)11-8-6-10(16)7-9-11/h6-9H,1-5H3. The van der Waals surface area contributed by atoms with Gasteiger partial charge < -0.3 is 9.32 Å². The van der Waals surface area contributed by atoms with Gasteiger partial charge in [-0.15, -0.1) is 0 Å². The third-order valence-corrected chi connectivity index (χ3v) is 4.67. The fraction of sp³-hybridized carbons (Fsp3) is 0.400. The van der Waals surface area contributed by atoms with Crippen LogP contribution in [0.15, 0.2) is 38.6 Å². The van der Waals surface area contributed by atoms with Crippen molar-refractivity contribution >= 4 is 15.7 Å². The largest absolute Gasteiger partial charge is 0.423 e. The van der Waals surface area contributed by atoms with E-state index in [2.05, 4.69) is 4.98 Å². The van der Waals surface area contributed by atoms with Crippen molar-refractivity contribution in [3.8, 4) is 0 Å². The molecule has 5 nitrogen and oxygen atoms in total. The van der Waals surface area contributed by atoms with Gasteiger partial charge in [-0.3, -0.25) is 0 Å². The van der Waals surface area contributed by atoms with Gasteiger partial charge in [0.25, 0.3) is 0 Å². The molecule has 0 atom stereocenters. The Kier molecular flexibility index (Phi) is 4.04. The van der Waals surface area contributed by atoms with Gasteiger partial charge >= 0.3 is 0 Å². The lowest BCUT2D eigenvalue weighted by atomic mass is 9.97. The van der Waals surface area contributed by atoms with Crippen LogP contribution in [0, 0.1) is 5.82 Å². The summed E-state index contributed by atoms with van der Waals surface area (Å²) in [6.07, 6.45) is 0. The first-order valence-corrected chi connectivity index (χ1v) is 8.21. The molecule has 0 radical (unpaired) electrons. The summed E-state index contributed by atoms with van der Waals surface area (Å²) >= 11 is 0. The van der Waals surface area contributed by atoms with Gasteiger partial charge in [-0.2, -0.15) is 4.98 Å². The van der Waals surface area contributed by atoms with Crippen molar-refractivity contribution in [2.45, 2.75) is 36.1 Å². The third kappa shape index (κ3) is 2.99. The van der Waals surface area contributed by atoms with Gasteiger partial charge in [0.2, 0.25) is 26.6 Å². The molecule has 2 rings (SSSR count). The van der Waals surface area contributed by atoms with Crippen LogP contribution in [-0.2, 0) is 15.3 Å². The molecule has 0 saturated carbocycles. The zero-order chi connectivity index (χ0) is 16.7. The minimum absolute atomic E-state index is 0.0224. The van der Waals surface area contributed by atoms with Crippen LogP contribution in [0.5, 0.6) is 0 Å². The van der Waals surface area contributed by atoms with Crippen LogP contribution in [-0.4, -0.2) is 27.5 Å². The summed E-state index contributed by atoms with van der Waals surface area (Å²) in [4.78, 5) is 5.71. The molecule has 0 bridgehead atoms. The number of rotatable bonds is 3. The van der Waals surface area contributed by atoms with Crippen LogP contribution in [0.25, 0.3) is 0 Å². The molecule has 0 aliphatic heterocycles. The molecule has 0 aliphatic carbocycles. The van der Waals surface area contributed by atoms with E-state index in [0.29, 0.717) is 5.89 Å². The topological polar surface area (TPSA) is 63.4 Å². The summed E-state index contributed by atoms with van der Waals surface area (Å²) in [5, 5.41) is -0.158. The Balaban J connectivity index is 2.64. The van der Waals surface area contributed by atoms with E-state index in [1.807, 2.05) is 20.8 Å². The van der Waals surface area contributed by atoms with E-state index in [0.717, 1.165) is 12.1 Å². The SMILES string of the molecule is CN(C)c1oc(C(C)(C)C)nc1S(=O)(=O)c1ccc(F)cc1. The first kappa shape index (κ1) is 16.5. The Hall–Kier alpha value is -1.89. The molecule has 0 fully saturated rings. The molecule has 120 valence electrons. The molecule has 0 amide bonds. The molecule has 1 aromatic heterocycles. The fourth-order valence-electron chi connectivity index (χ4n) is 1.80. The molecule has 0 saturated heterocycles. The Morgan fingerprint density at radius 1 is 1.14 bits per heavy atom. The van der Waals surface area contributed by atoms with E-state index in [1.54, 1.807) is 19.0 Å². The van der Waals surface area contributed by atoms with Gasteiger partial charge in [0, 0.05) is 19.5 Å². The molecule has 7 heteroatoms. The number of benzene rings is 1. The van der Waals surface area contributed by atoms with Crippen LogP contribution in [0.4, 0.5) is 10.3 Å². The van der Waals surface area contributed by atoms with E-state index in [1.165, 1.54) is 12.1 Å². The Morgan fingerprint density at radius 2 is 1.68 bits per heavy atom. The number of oxazole rings is 1. The molecule has 0 unspecified atom stereocenters. The minimum atomic E-state index is -3.88. The number of sulfone groups is 1. The molecule has 0 aliphatic rings. The average molecular weight is 326 g/mol. The fourth-order valence-corrected chi connectivity index (χ4v) is 3.18. The number of halogens is 1. The van der Waals surface area contributed by atoms with Crippen LogP contribution in [0.2, 0.25) is 0 Å². The molecule has 1 heterocycles. The van der Waals surface area contributed by atoms with Gasteiger partial charge in [0.05, 0.1) is 4.90 Å². The number of anilines is 1. The van der Waals surface area contributed by atoms with Crippen molar-refractivity contribution in [3.63, 3.8) is 0 Å². The predicted molar refractivity (Wildman–Crippen MR) is 81.4 cm³/mol. The van der Waals surface area contributed by atoms with Crippen molar-refractivity contribution < 1.29 is 17.2 Å². The first-order chi connectivity index (χ1) is 10.0. The highest BCUT2D eigenvalue weighted by molar-refractivity contribution is 7.91. The second-order valence-electron chi connectivity index (χ2n) is 6.23. The molecular formula is C15H19FN2O3S. The lowest BCUT2D eigenvalue weighted by Gasteiger charge is -2.13. The van der Waals surface area contributed by atoms with Gasteiger partial charge in [0.15, 0.2) is 0 Å². The lowest BCUT2D eigenvalue weighted by molar-refractivity contribution is 0.395. The highest BCUT2D eigenvalue weighted by Crippen LogP contribution is 2.34. The molecular weight excluding hydrogens is 307 g/mol. The van der Waals surface area contributed by atoms with Gasteiger partial charge in [0.1, 0.15) is 5.82 Å². The van der Waals surface area contributed by atoms with Crippen molar-refractivity contribution in [1.29, 1.82) is 0 Å². The Bertz CT molecular complexity index is 772. The van der Waals surface area contributed by atoms with Crippen LogP contribution in [0.3, 0.4) is 0 Å². The zero-order valence-corrected chi connectivity index (χ0v) is 14.0. The van der Waals surface area contributed by atoms with Crippen molar-refractivity contribution in [2.24, 2.45) is 0 Å². The number of hydrogen-bond acceptors (Lipinski definition) is 5. The van der Waals surface area contributed by atoms with Crippen LogP contribution < -0.4 is 4.90 Å². The summed E-state index contributed by atoms with van der Waals surface area (Å²) in [5.41, 5.74) is -0.429.